The highest BCUT2D eigenvalue weighted by Gasteiger charge is 2.63. The van der Waals surface area contributed by atoms with Gasteiger partial charge in [-0.05, 0) is 116 Å². The second kappa shape index (κ2) is 13.7. The highest BCUT2D eigenvalue weighted by molar-refractivity contribution is 5.77. The summed E-state index contributed by atoms with van der Waals surface area (Å²) in [6.45, 7) is 15.5. The Labute approximate surface area is 257 Å². The van der Waals surface area contributed by atoms with E-state index in [1.807, 2.05) is 0 Å². The number of hydrogen-bond acceptors (Lipinski definition) is 4. The fraction of sp³-hybridized carbons (Fsp3) is 0.972. The summed E-state index contributed by atoms with van der Waals surface area (Å²) in [4.78, 5) is 14.1. The molecule has 11 atom stereocenters. The summed E-state index contributed by atoms with van der Waals surface area (Å²) in [7, 11) is 1.77. The maximum Gasteiger partial charge on any atom is 0.222 e. The van der Waals surface area contributed by atoms with Crippen LogP contribution in [-0.4, -0.2) is 67.7 Å². The van der Waals surface area contributed by atoms with Crippen molar-refractivity contribution < 1.29 is 24.7 Å². The lowest BCUT2D eigenvalue weighted by Crippen LogP contribution is -2.91. The number of nitrogens with zero attached hydrogens (tertiary/aromatic N) is 1. The van der Waals surface area contributed by atoms with Crippen LogP contribution in [0.25, 0.3) is 0 Å². The number of hydrogen-bond donors (Lipinski definition) is 2. The van der Waals surface area contributed by atoms with Gasteiger partial charge in [0.05, 0.1) is 24.8 Å². The number of fused-ring (bicyclic) bond motifs is 5. The Balaban J connectivity index is 1.23. The number of methoxy groups -OCH3 is 1. The first kappa shape index (κ1) is 32.7. The van der Waals surface area contributed by atoms with E-state index in [0.29, 0.717) is 53.4 Å². The molecule has 0 aromatic carbocycles. The van der Waals surface area contributed by atoms with Gasteiger partial charge in [0.25, 0.3) is 0 Å². The molecule has 4 aliphatic carbocycles. The normalized spacial score (nSPS) is 41.5. The van der Waals surface area contributed by atoms with E-state index in [2.05, 4.69) is 44.8 Å². The molecule has 6 heteroatoms. The van der Waals surface area contributed by atoms with Crippen LogP contribution in [0.1, 0.15) is 118 Å². The number of quaternary nitrogens is 1. The fourth-order valence-corrected chi connectivity index (χ4v) is 11.3. The standard InChI is InChI=1S/C36H64N2O4/c1-24(2)31(39)13-10-25(3)28-11-12-29-34-30(15-17-36(28,29)5)35(4)16-14-27(21-26(35)22-32(34)42-23-41-6)37-18-8-20-38-19-7-9-33(38)40/h24-32,34,37,39H,7-23H2,1-6H3/p+1/t25-,26-,27+,28-,29?,30?,31-,32-,34?,35+,36-/m1/s1. The van der Waals surface area contributed by atoms with Crippen molar-refractivity contribution in [1.82, 2.24) is 4.90 Å². The zero-order valence-electron chi connectivity index (χ0n) is 28.0. The average molecular weight is 590 g/mol. The van der Waals surface area contributed by atoms with Crippen LogP contribution in [0.15, 0.2) is 0 Å². The molecule has 0 spiro atoms. The Bertz CT molecular complexity index is 898. The maximum atomic E-state index is 12.0. The van der Waals surface area contributed by atoms with Crippen LogP contribution in [-0.2, 0) is 14.3 Å². The van der Waals surface area contributed by atoms with E-state index < -0.39 is 0 Å². The van der Waals surface area contributed by atoms with Crippen molar-refractivity contribution in [3.63, 3.8) is 0 Å². The number of nitrogens with two attached hydrogens (primary N) is 1. The summed E-state index contributed by atoms with van der Waals surface area (Å²) in [5, 5.41) is 13.1. The number of rotatable bonds is 13. The van der Waals surface area contributed by atoms with E-state index in [1.54, 1.807) is 7.11 Å². The number of likely N-dealkylation sites (tertiary alicyclic amines) is 1. The first-order valence-corrected chi connectivity index (χ1v) is 18.0. The minimum atomic E-state index is -0.170. The third-order valence-electron chi connectivity index (χ3n) is 13.9. The van der Waals surface area contributed by atoms with E-state index in [4.69, 9.17) is 9.47 Å². The van der Waals surface area contributed by atoms with Crippen molar-refractivity contribution in [2.45, 2.75) is 136 Å². The van der Waals surface area contributed by atoms with Gasteiger partial charge < -0.3 is 24.8 Å². The van der Waals surface area contributed by atoms with E-state index in [-0.39, 0.29) is 6.10 Å². The van der Waals surface area contributed by atoms with Crippen LogP contribution >= 0.6 is 0 Å². The highest BCUT2D eigenvalue weighted by atomic mass is 16.7. The summed E-state index contributed by atoms with van der Waals surface area (Å²) >= 11 is 0. The zero-order valence-corrected chi connectivity index (χ0v) is 28.0. The molecule has 3 unspecified atom stereocenters. The van der Waals surface area contributed by atoms with Crippen LogP contribution in [0.4, 0.5) is 0 Å². The molecule has 3 N–H and O–H groups in total. The predicted octanol–water partition coefficient (Wildman–Crippen LogP) is 5.62. The van der Waals surface area contributed by atoms with Crippen molar-refractivity contribution in [2.75, 3.05) is 33.5 Å². The number of aliphatic hydroxyl groups excluding tert-OH is 1. The second-order valence-electron chi connectivity index (χ2n) is 16.3. The van der Waals surface area contributed by atoms with Gasteiger partial charge in [0.1, 0.15) is 6.79 Å². The second-order valence-corrected chi connectivity index (χ2v) is 16.3. The van der Waals surface area contributed by atoms with E-state index in [0.717, 1.165) is 75.4 Å². The van der Waals surface area contributed by atoms with Crippen LogP contribution in [0.3, 0.4) is 0 Å². The largest absolute Gasteiger partial charge is 0.393 e. The number of amides is 1. The van der Waals surface area contributed by atoms with Gasteiger partial charge in [0.2, 0.25) is 5.91 Å². The van der Waals surface area contributed by atoms with Crippen molar-refractivity contribution in [3.05, 3.63) is 0 Å². The number of aliphatic hydroxyl groups is 1. The molecule has 5 rings (SSSR count). The van der Waals surface area contributed by atoms with Crippen molar-refractivity contribution >= 4 is 5.91 Å². The molecule has 6 nitrogen and oxygen atoms in total. The van der Waals surface area contributed by atoms with Crippen molar-refractivity contribution in [1.29, 1.82) is 0 Å². The number of ether oxygens (including phenoxy) is 2. The lowest BCUT2D eigenvalue weighted by atomic mass is 9.43. The summed E-state index contributed by atoms with van der Waals surface area (Å²) in [5.74, 6) is 5.03. The minimum Gasteiger partial charge on any atom is -0.393 e. The SMILES string of the molecule is COCO[C@@H]1C[C@H]2C[C@@H]([NH2+]CCCN3CCCC3=O)CC[C@]2(C)C2CC[C@@]3(C)C(CC[C@@H]3[C@H](C)CC[C@@H](O)C(C)C)C21. The average Bonchev–Trinajstić information content (AvgIpc) is 3.54. The molecule has 1 saturated heterocycles. The Morgan fingerprint density at radius 2 is 1.79 bits per heavy atom. The predicted molar refractivity (Wildman–Crippen MR) is 168 cm³/mol. The lowest BCUT2D eigenvalue weighted by molar-refractivity contribution is -0.694. The Morgan fingerprint density at radius 1 is 1.02 bits per heavy atom. The first-order chi connectivity index (χ1) is 20.1. The van der Waals surface area contributed by atoms with Gasteiger partial charge >= 0.3 is 0 Å². The number of carbonyl (C=O) groups is 1. The van der Waals surface area contributed by atoms with Gasteiger partial charge in [0, 0.05) is 39.5 Å². The molecule has 5 aliphatic rings. The van der Waals surface area contributed by atoms with Crippen molar-refractivity contribution in [3.8, 4) is 0 Å². The number of carbonyl (C=O) groups excluding carboxylic acids is 1. The minimum absolute atomic E-state index is 0.170. The van der Waals surface area contributed by atoms with Gasteiger partial charge in [-0.2, -0.15) is 0 Å². The third-order valence-corrected chi connectivity index (χ3v) is 13.9. The van der Waals surface area contributed by atoms with Crippen LogP contribution in [0.5, 0.6) is 0 Å². The molecule has 0 radical (unpaired) electrons. The molecule has 0 aromatic heterocycles. The quantitative estimate of drug-likeness (QED) is 0.216. The van der Waals surface area contributed by atoms with Crippen LogP contribution in [0.2, 0.25) is 0 Å². The molecule has 0 aromatic rings. The topological polar surface area (TPSA) is 75.6 Å². The molecule has 42 heavy (non-hydrogen) atoms. The monoisotopic (exact) mass is 589 g/mol. The molecule has 1 amide bonds. The highest BCUT2D eigenvalue weighted by Crippen LogP contribution is 2.68. The van der Waals surface area contributed by atoms with E-state index >= 15 is 0 Å². The fourth-order valence-electron chi connectivity index (χ4n) is 11.3. The summed E-state index contributed by atoms with van der Waals surface area (Å²) < 4.78 is 12.2. The molecule has 5 fully saturated rings. The van der Waals surface area contributed by atoms with Gasteiger partial charge in [0.15, 0.2) is 0 Å². The van der Waals surface area contributed by atoms with Gasteiger partial charge in [-0.15, -0.1) is 0 Å². The smallest absolute Gasteiger partial charge is 0.222 e. The van der Waals surface area contributed by atoms with Gasteiger partial charge in [-0.25, -0.2) is 0 Å². The Kier molecular flexibility index (Phi) is 10.7. The zero-order chi connectivity index (χ0) is 30.1. The van der Waals surface area contributed by atoms with Gasteiger partial charge in [-0.1, -0.05) is 34.6 Å². The van der Waals surface area contributed by atoms with Crippen LogP contribution < -0.4 is 5.32 Å². The van der Waals surface area contributed by atoms with Gasteiger partial charge in [-0.3, -0.25) is 4.79 Å². The molecular formula is C36H65N2O4+. The molecule has 242 valence electrons. The Hall–Kier alpha value is -0.690. The maximum absolute atomic E-state index is 12.0. The van der Waals surface area contributed by atoms with Crippen LogP contribution in [0, 0.1) is 52.3 Å². The summed E-state index contributed by atoms with van der Waals surface area (Å²) in [6, 6.07) is 0.712. The molecule has 1 heterocycles. The summed E-state index contributed by atoms with van der Waals surface area (Å²) in [6.07, 6.45) is 15.8. The van der Waals surface area contributed by atoms with E-state index in [9.17, 15) is 9.90 Å². The molecule has 1 aliphatic heterocycles. The first-order valence-electron chi connectivity index (χ1n) is 18.0. The lowest BCUT2D eigenvalue weighted by Gasteiger charge is -2.63. The molecule has 0 bridgehead atoms. The Morgan fingerprint density at radius 3 is 2.50 bits per heavy atom. The molecular weight excluding hydrogens is 524 g/mol. The molecule has 4 saturated carbocycles. The van der Waals surface area contributed by atoms with E-state index in [1.165, 1.54) is 51.4 Å². The summed E-state index contributed by atoms with van der Waals surface area (Å²) in [5.41, 5.74) is 0.819. The third kappa shape index (κ3) is 6.49. The van der Waals surface area contributed by atoms with Crippen molar-refractivity contribution in [2.24, 2.45) is 52.3 Å².